The highest BCUT2D eigenvalue weighted by Crippen LogP contribution is 2.43. The lowest BCUT2D eigenvalue weighted by molar-refractivity contribution is -0.139. The Balaban J connectivity index is 1.78. The smallest absolute Gasteiger partial charge is 0.416 e. The van der Waals surface area contributed by atoms with E-state index in [4.69, 9.17) is 4.74 Å². The zero-order chi connectivity index (χ0) is 30.4. The van der Waals surface area contributed by atoms with E-state index in [9.17, 15) is 31.2 Å². The van der Waals surface area contributed by atoms with Crippen molar-refractivity contribution in [2.75, 3.05) is 27.2 Å². The molecule has 40 heavy (non-hydrogen) atoms. The van der Waals surface area contributed by atoms with Gasteiger partial charge in [0.25, 0.3) is 0 Å². The molecule has 12 heteroatoms. The van der Waals surface area contributed by atoms with Crippen molar-refractivity contribution in [1.29, 1.82) is 0 Å². The molecule has 0 aromatic heterocycles. The second kappa shape index (κ2) is 11.2. The van der Waals surface area contributed by atoms with Gasteiger partial charge in [-0.3, -0.25) is 9.69 Å². The Morgan fingerprint density at radius 3 is 2.08 bits per heavy atom. The summed E-state index contributed by atoms with van der Waals surface area (Å²) in [5.74, 6) is -0.340. The van der Waals surface area contributed by atoms with E-state index >= 15 is 0 Å². The van der Waals surface area contributed by atoms with Gasteiger partial charge in [0.2, 0.25) is 15.9 Å². The van der Waals surface area contributed by atoms with Gasteiger partial charge in [-0.2, -0.15) is 17.5 Å². The maximum absolute atomic E-state index is 13.9. The van der Waals surface area contributed by atoms with E-state index in [1.807, 2.05) is 20.8 Å². The number of alkyl halides is 3. The quantitative estimate of drug-likeness (QED) is 0.453. The van der Waals surface area contributed by atoms with Crippen LogP contribution in [0, 0.1) is 17.3 Å². The van der Waals surface area contributed by atoms with Gasteiger partial charge in [0.05, 0.1) is 10.5 Å². The Labute approximate surface area is 235 Å². The SMILES string of the molecule is CN(C(=O)OC(C)(C)C)[C@@H](CC(C)(C)C)C(=O)N(C)[C@H]1CC[C@@H]2CN(S(=O)(=O)c3ccc(C(F)(F)F)cc3)C[C@@H]21. The molecule has 8 nitrogen and oxygen atoms in total. The van der Waals surface area contributed by atoms with Crippen LogP contribution in [0.4, 0.5) is 18.0 Å². The van der Waals surface area contributed by atoms with Crippen LogP contribution in [0.15, 0.2) is 29.2 Å². The highest BCUT2D eigenvalue weighted by atomic mass is 32.2. The highest BCUT2D eigenvalue weighted by molar-refractivity contribution is 7.89. The molecule has 2 amide bonds. The summed E-state index contributed by atoms with van der Waals surface area (Å²) in [7, 11) is -0.749. The number of rotatable bonds is 6. The van der Waals surface area contributed by atoms with Gasteiger partial charge in [0.1, 0.15) is 11.6 Å². The van der Waals surface area contributed by atoms with E-state index in [0.717, 1.165) is 30.7 Å². The van der Waals surface area contributed by atoms with E-state index in [2.05, 4.69) is 0 Å². The number of hydrogen-bond acceptors (Lipinski definition) is 5. The monoisotopic (exact) mass is 589 g/mol. The van der Waals surface area contributed by atoms with Crippen LogP contribution in [0.25, 0.3) is 0 Å². The van der Waals surface area contributed by atoms with Crippen molar-refractivity contribution < 1.29 is 35.9 Å². The van der Waals surface area contributed by atoms with Crippen LogP contribution in [-0.4, -0.2) is 79.4 Å². The van der Waals surface area contributed by atoms with Crippen molar-refractivity contribution in [1.82, 2.24) is 14.1 Å². The second-order valence-electron chi connectivity index (χ2n) is 13.2. The van der Waals surface area contributed by atoms with E-state index in [1.165, 1.54) is 9.21 Å². The van der Waals surface area contributed by atoms with Crippen molar-refractivity contribution in [3.05, 3.63) is 29.8 Å². The van der Waals surface area contributed by atoms with E-state index in [0.29, 0.717) is 12.8 Å². The molecule has 1 saturated heterocycles. The van der Waals surface area contributed by atoms with E-state index in [1.54, 1.807) is 39.8 Å². The van der Waals surface area contributed by atoms with Crippen LogP contribution in [0.1, 0.15) is 66.4 Å². The van der Waals surface area contributed by atoms with Crippen molar-refractivity contribution >= 4 is 22.0 Å². The summed E-state index contributed by atoms with van der Waals surface area (Å²) in [6.45, 7) is 11.7. The number of amides is 2. The predicted molar refractivity (Wildman–Crippen MR) is 145 cm³/mol. The second-order valence-corrected chi connectivity index (χ2v) is 15.2. The van der Waals surface area contributed by atoms with Crippen molar-refractivity contribution in [2.45, 2.75) is 89.6 Å². The van der Waals surface area contributed by atoms with Crippen LogP contribution in [0.2, 0.25) is 0 Å². The minimum atomic E-state index is -4.56. The molecule has 226 valence electrons. The van der Waals surface area contributed by atoms with Crippen LogP contribution >= 0.6 is 0 Å². The number of halogens is 3. The minimum Gasteiger partial charge on any atom is -0.444 e. The molecule has 2 aliphatic rings. The fourth-order valence-corrected chi connectivity index (χ4v) is 7.20. The van der Waals surface area contributed by atoms with E-state index in [-0.39, 0.29) is 47.2 Å². The Morgan fingerprint density at radius 2 is 1.57 bits per heavy atom. The minimum absolute atomic E-state index is 0.0223. The zero-order valence-electron chi connectivity index (χ0n) is 24.6. The molecule has 1 saturated carbocycles. The Bertz CT molecular complexity index is 1190. The number of sulfonamides is 1. The molecule has 1 aromatic rings. The third-order valence-electron chi connectivity index (χ3n) is 7.69. The molecule has 2 fully saturated rings. The number of likely N-dealkylation sites (N-methyl/N-ethyl adjacent to an activating group) is 2. The summed E-state index contributed by atoms with van der Waals surface area (Å²) in [4.78, 5) is 29.6. The van der Waals surface area contributed by atoms with Gasteiger partial charge < -0.3 is 9.64 Å². The first-order chi connectivity index (χ1) is 18.1. The molecular formula is C28H42F3N3O5S. The molecule has 0 unspecified atom stereocenters. The summed E-state index contributed by atoms with van der Waals surface area (Å²) in [5.41, 5.74) is -1.90. The molecule has 0 N–H and O–H groups in total. The fourth-order valence-electron chi connectivity index (χ4n) is 5.67. The van der Waals surface area contributed by atoms with Gasteiger partial charge in [0, 0.05) is 33.2 Å². The summed E-state index contributed by atoms with van der Waals surface area (Å²) < 4.78 is 72.3. The number of carbonyl (C=O) groups is 2. The number of ether oxygens (including phenoxy) is 1. The Hall–Kier alpha value is -2.34. The van der Waals surface area contributed by atoms with Crippen LogP contribution in [0.3, 0.4) is 0 Å². The lowest BCUT2D eigenvalue weighted by Gasteiger charge is -2.38. The van der Waals surface area contributed by atoms with Gasteiger partial charge in [-0.25, -0.2) is 13.2 Å². The average molecular weight is 590 g/mol. The Kier molecular flexibility index (Phi) is 8.97. The summed E-state index contributed by atoms with van der Waals surface area (Å²) in [6.07, 6.45) is -3.33. The van der Waals surface area contributed by atoms with Crippen LogP contribution in [0.5, 0.6) is 0 Å². The van der Waals surface area contributed by atoms with Gasteiger partial charge in [-0.1, -0.05) is 20.8 Å². The molecule has 0 radical (unpaired) electrons. The topological polar surface area (TPSA) is 87.2 Å². The van der Waals surface area contributed by atoms with Crippen LogP contribution < -0.4 is 0 Å². The fraction of sp³-hybridized carbons (Fsp3) is 0.714. The zero-order valence-corrected chi connectivity index (χ0v) is 25.4. The number of fused-ring (bicyclic) bond motifs is 1. The number of hydrogen-bond donors (Lipinski definition) is 0. The number of nitrogens with zero attached hydrogens (tertiary/aromatic N) is 3. The largest absolute Gasteiger partial charge is 0.444 e. The molecule has 1 heterocycles. The molecule has 0 spiro atoms. The standard InChI is InChI=1S/C28H42F3N3O5S/c1-26(2,3)15-23(33(8)25(36)39-27(4,5)6)24(35)32(7)22-14-9-18-16-34(17-21(18)22)40(37,38)20-12-10-19(11-13-20)28(29,30)31/h10-13,18,21-23H,9,14-17H2,1-8H3/t18-,21+,22+,23+/m1/s1. The van der Waals surface area contributed by atoms with Crippen molar-refractivity contribution in [3.8, 4) is 0 Å². The summed E-state index contributed by atoms with van der Waals surface area (Å²) in [5, 5.41) is 0. The third-order valence-corrected chi connectivity index (χ3v) is 9.54. The predicted octanol–water partition coefficient (Wildman–Crippen LogP) is 5.23. The number of carbonyl (C=O) groups excluding carboxylic acids is 2. The summed E-state index contributed by atoms with van der Waals surface area (Å²) in [6, 6.07) is 2.52. The number of benzene rings is 1. The van der Waals surface area contributed by atoms with Gasteiger partial charge in [-0.05, 0) is 81.5 Å². The first-order valence-corrected chi connectivity index (χ1v) is 15.0. The Morgan fingerprint density at radius 1 is 1.00 bits per heavy atom. The molecule has 1 aliphatic heterocycles. The normalized spacial score (nSPS) is 23.0. The maximum Gasteiger partial charge on any atom is 0.416 e. The van der Waals surface area contributed by atoms with Crippen molar-refractivity contribution in [2.24, 2.45) is 17.3 Å². The average Bonchev–Trinajstić information content (AvgIpc) is 3.40. The molecule has 3 rings (SSSR count). The van der Waals surface area contributed by atoms with Gasteiger partial charge >= 0.3 is 12.3 Å². The molecule has 1 aromatic carbocycles. The lowest BCUT2D eigenvalue weighted by atomic mass is 9.86. The maximum atomic E-state index is 13.9. The lowest BCUT2D eigenvalue weighted by Crippen LogP contribution is -2.54. The molecule has 1 aliphatic carbocycles. The molecular weight excluding hydrogens is 547 g/mol. The van der Waals surface area contributed by atoms with Crippen molar-refractivity contribution in [3.63, 3.8) is 0 Å². The third kappa shape index (κ3) is 7.29. The first-order valence-electron chi connectivity index (χ1n) is 13.5. The van der Waals surface area contributed by atoms with Gasteiger partial charge in [-0.15, -0.1) is 0 Å². The molecule has 0 bridgehead atoms. The molecule has 4 atom stereocenters. The van der Waals surface area contributed by atoms with Gasteiger partial charge in [0.15, 0.2) is 0 Å². The highest BCUT2D eigenvalue weighted by Gasteiger charge is 2.49. The first kappa shape index (κ1) is 32.2. The summed E-state index contributed by atoms with van der Waals surface area (Å²) >= 11 is 0. The van der Waals surface area contributed by atoms with E-state index < -0.39 is 39.5 Å². The van der Waals surface area contributed by atoms with Crippen LogP contribution in [-0.2, 0) is 25.7 Å².